The Labute approximate surface area is 168 Å². The predicted octanol–water partition coefficient (Wildman–Crippen LogP) is 4.02. The first-order valence-corrected chi connectivity index (χ1v) is 9.02. The number of carbonyl (C=O) groups is 1. The van der Waals surface area contributed by atoms with E-state index < -0.39 is 0 Å². The number of anilines is 1. The van der Waals surface area contributed by atoms with Gasteiger partial charge in [0.2, 0.25) is 5.91 Å². The maximum Gasteiger partial charge on any atom is 0.238 e. The van der Waals surface area contributed by atoms with Gasteiger partial charge in [0.05, 0.1) is 31.3 Å². The fraction of sp³-hybridized carbons (Fsp3) is 0.130. The lowest BCUT2D eigenvalue weighted by Gasteiger charge is -2.20. The maximum atomic E-state index is 13.3. The first kappa shape index (κ1) is 20.1. The number of amides is 1. The molecular formula is C23H20FN3O2. The number of ether oxygens (including phenoxy) is 1. The molecule has 0 aliphatic rings. The second kappa shape index (κ2) is 9.49. The summed E-state index contributed by atoms with van der Waals surface area (Å²) in [6.07, 6.45) is 0. The molecular weight excluding hydrogens is 369 g/mol. The zero-order chi connectivity index (χ0) is 20.6. The van der Waals surface area contributed by atoms with Crippen LogP contribution in [0, 0.1) is 17.1 Å². The van der Waals surface area contributed by atoms with Crippen molar-refractivity contribution in [1.82, 2.24) is 5.32 Å². The van der Waals surface area contributed by atoms with E-state index >= 15 is 0 Å². The van der Waals surface area contributed by atoms with Crippen LogP contribution in [-0.4, -0.2) is 19.6 Å². The highest BCUT2D eigenvalue weighted by Gasteiger charge is 2.16. The predicted molar refractivity (Wildman–Crippen MR) is 109 cm³/mol. The minimum absolute atomic E-state index is 0.0326. The molecule has 0 bridgehead atoms. The van der Waals surface area contributed by atoms with E-state index in [1.807, 2.05) is 30.3 Å². The fourth-order valence-corrected chi connectivity index (χ4v) is 2.95. The van der Waals surface area contributed by atoms with Gasteiger partial charge < -0.3 is 10.1 Å². The van der Waals surface area contributed by atoms with Crippen LogP contribution in [-0.2, 0) is 4.79 Å². The Bertz CT molecular complexity index is 1010. The third kappa shape index (κ3) is 5.41. The normalized spacial score (nSPS) is 11.3. The summed E-state index contributed by atoms with van der Waals surface area (Å²) in [5.74, 6) is 0.153. The summed E-state index contributed by atoms with van der Waals surface area (Å²) in [5, 5.41) is 15.0. The molecule has 1 amide bonds. The lowest BCUT2D eigenvalue weighted by atomic mass is 9.98. The highest BCUT2D eigenvalue weighted by atomic mass is 19.1. The molecule has 146 valence electrons. The van der Waals surface area contributed by atoms with E-state index in [9.17, 15) is 9.18 Å². The third-order valence-corrected chi connectivity index (χ3v) is 4.39. The van der Waals surface area contributed by atoms with Gasteiger partial charge in [0.15, 0.2) is 0 Å². The average molecular weight is 389 g/mol. The molecule has 1 unspecified atom stereocenters. The number of nitrogens with one attached hydrogen (secondary N) is 2. The van der Waals surface area contributed by atoms with Gasteiger partial charge in [0.25, 0.3) is 0 Å². The van der Waals surface area contributed by atoms with Crippen molar-refractivity contribution in [1.29, 1.82) is 5.26 Å². The van der Waals surface area contributed by atoms with Crippen molar-refractivity contribution in [3.63, 3.8) is 0 Å². The number of benzene rings is 3. The van der Waals surface area contributed by atoms with Gasteiger partial charge in [-0.25, -0.2) is 4.39 Å². The van der Waals surface area contributed by atoms with Crippen LogP contribution in [0.4, 0.5) is 10.1 Å². The van der Waals surface area contributed by atoms with E-state index in [2.05, 4.69) is 10.6 Å². The van der Waals surface area contributed by atoms with Gasteiger partial charge in [-0.15, -0.1) is 0 Å². The molecule has 0 saturated carbocycles. The van der Waals surface area contributed by atoms with Crippen LogP contribution in [0.3, 0.4) is 0 Å². The number of nitrogens with zero attached hydrogens (tertiary/aromatic N) is 1. The minimum atomic E-state index is -0.322. The fourth-order valence-electron chi connectivity index (χ4n) is 2.95. The van der Waals surface area contributed by atoms with Gasteiger partial charge >= 0.3 is 0 Å². The van der Waals surface area contributed by atoms with Crippen LogP contribution in [0.25, 0.3) is 0 Å². The molecule has 0 saturated heterocycles. The summed E-state index contributed by atoms with van der Waals surface area (Å²) in [6, 6.07) is 22.1. The van der Waals surface area contributed by atoms with E-state index in [0.29, 0.717) is 11.3 Å². The lowest BCUT2D eigenvalue weighted by molar-refractivity contribution is -0.115. The summed E-state index contributed by atoms with van der Waals surface area (Å²) >= 11 is 0. The largest absolute Gasteiger partial charge is 0.497 e. The highest BCUT2D eigenvalue weighted by Crippen LogP contribution is 2.24. The molecule has 1 atom stereocenters. The standard InChI is InChI=1S/C23H20FN3O2/c1-29-21-11-7-18(8-12-21)23(17-5-9-19(24)10-6-17)26-15-22(28)27-20-4-2-3-16(13-20)14-25/h2-13,23,26H,15H2,1H3,(H,27,28). The van der Waals surface area contributed by atoms with E-state index in [0.717, 1.165) is 16.9 Å². The lowest BCUT2D eigenvalue weighted by Crippen LogP contribution is -2.32. The van der Waals surface area contributed by atoms with Gasteiger partial charge in [0.1, 0.15) is 11.6 Å². The summed E-state index contributed by atoms with van der Waals surface area (Å²) in [6.45, 7) is 0.0326. The van der Waals surface area contributed by atoms with Crippen LogP contribution >= 0.6 is 0 Å². The number of methoxy groups -OCH3 is 1. The van der Waals surface area contributed by atoms with Crippen molar-refractivity contribution in [2.45, 2.75) is 6.04 Å². The zero-order valence-corrected chi connectivity index (χ0v) is 15.9. The Kier molecular flexibility index (Phi) is 6.56. The van der Waals surface area contributed by atoms with Crippen LogP contribution in [0.15, 0.2) is 72.8 Å². The Morgan fingerprint density at radius 2 is 1.72 bits per heavy atom. The minimum Gasteiger partial charge on any atom is -0.497 e. The number of halogens is 1. The first-order chi connectivity index (χ1) is 14.1. The number of nitriles is 1. The molecule has 3 rings (SSSR count). The Hall–Kier alpha value is -3.69. The summed E-state index contributed by atoms with van der Waals surface area (Å²) < 4.78 is 18.5. The molecule has 0 spiro atoms. The Morgan fingerprint density at radius 1 is 1.07 bits per heavy atom. The first-order valence-electron chi connectivity index (χ1n) is 9.02. The van der Waals surface area contributed by atoms with E-state index in [-0.39, 0.29) is 24.3 Å². The van der Waals surface area contributed by atoms with E-state index in [1.54, 1.807) is 43.5 Å². The van der Waals surface area contributed by atoms with Crippen LogP contribution in [0.5, 0.6) is 5.75 Å². The quantitative estimate of drug-likeness (QED) is 0.640. The third-order valence-electron chi connectivity index (χ3n) is 4.39. The number of carbonyl (C=O) groups excluding carboxylic acids is 1. The highest BCUT2D eigenvalue weighted by molar-refractivity contribution is 5.92. The number of hydrogen-bond donors (Lipinski definition) is 2. The molecule has 0 aliphatic carbocycles. The van der Waals surface area contributed by atoms with Gasteiger partial charge in [-0.05, 0) is 53.6 Å². The SMILES string of the molecule is COc1ccc(C(NCC(=O)Nc2cccc(C#N)c2)c2ccc(F)cc2)cc1. The molecule has 5 nitrogen and oxygen atoms in total. The summed E-state index contributed by atoms with van der Waals surface area (Å²) in [7, 11) is 1.59. The zero-order valence-electron chi connectivity index (χ0n) is 15.9. The monoisotopic (exact) mass is 389 g/mol. The van der Waals surface area contributed by atoms with Gasteiger partial charge in [-0.2, -0.15) is 5.26 Å². The second-order valence-electron chi connectivity index (χ2n) is 6.38. The van der Waals surface area contributed by atoms with Crippen molar-refractivity contribution >= 4 is 11.6 Å². The molecule has 0 fully saturated rings. The van der Waals surface area contributed by atoms with Crippen LogP contribution in [0.1, 0.15) is 22.7 Å². The maximum absolute atomic E-state index is 13.3. The topological polar surface area (TPSA) is 74.2 Å². The molecule has 0 aromatic heterocycles. The Morgan fingerprint density at radius 3 is 2.34 bits per heavy atom. The smallest absolute Gasteiger partial charge is 0.238 e. The van der Waals surface area contributed by atoms with Gasteiger partial charge in [-0.3, -0.25) is 10.1 Å². The van der Waals surface area contributed by atoms with Gasteiger partial charge in [0, 0.05) is 5.69 Å². The average Bonchev–Trinajstić information content (AvgIpc) is 2.75. The van der Waals surface area contributed by atoms with Crippen molar-refractivity contribution < 1.29 is 13.9 Å². The van der Waals surface area contributed by atoms with E-state index in [1.165, 1.54) is 12.1 Å². The summed E-state index contributed by atoms with van der Waals surface area (Å²) in [5.41, 5.74) is 2.77. The van der Waals surface area contributed by atoms with Crippen LogP contribution in [0.2, 0.25) is 0 Å². The van der Waals surface area contributed by atoms with Crippen molar-refractivity contribution in [2.24, 2.45) is 0 Å². The van der Waals surface area contributed by atoms with Gasteiger partial charge in [-0.1, -0.05) is 30.3 Å². The number of rotatable bonds is 7. The van der Waals surface area contributed by atoms with Crippen molar-refractivity contribution in [3.8, 4) is 11.8 Å². The Balaban J connectivity index is 1.74. The molecule has 0 aliphatic heterocycles. The van der Waals surface area contributed by atoms with Crippen molar-refractivity contribution in [3.05, 3.63) is 95.3 Å². The molecule has 0 radical (unpaired) electrons. The molecule has 6 heteroatoms. The van der Waals surface area contributed by atoms with Crippen molar-refractivity contribution in [2.75, 3.05) is 19.0 Å². The molecule has 29 heavy (non-hydrogen) atoms. The summed E-state index contributed by atoms with van der Waals surface area (Å²) in [4.78, 5) is 12.4. The molecule has 3 aromatic carbocycles. The second-order valence-corrected chi connectivity index (χ2v) is 6.38. The molecule has 2 N–H and O–H groups in total. The van der Waals surface area contributed by atoms with E-state index in [4.69, 9.17) is 10.00 Å². The molecule has 0 heterocycles. The number of hydrogen-bond acceptors (Lipinski definition) is 4. The van der Waals surface area contributed by atoms with Crippen LogP contribution < -0.4 is 15.4 Å². The molecule has 3 aromatic rings.